The third kappa shape index (κ3) is 5.58. The van der Waals surface area contributed by atoms with Crippen LogP contribution < -0.4 is 10.6 Å². The van der Waals surface area contributed by atoms with Crippen LogP contribution in [0.5, 0.6) is 0 Å². The summed E-state index contributed by atoms with van der Waals surface area (Å²) in [6.45, 7) is 4.48. The molecule has 0 saturated heterocycles. The van der Waals surface area contributed by atoms with Gasteiger partial charge in [-0.25, -0.2) is 0 Å². The molecule has 0 saturated carbocycles. The van der Waals surface area contributed by atoms with E-state index in [1.165, 1.54) is 0 Å². The van der Waals surface area contributed by atoms with Gasteiger partial charge in [0.05, 0.1) is 0 Å². The Morgan fingerprint density at radius 3 is 2.26 bits per heavy atom. The van der Waals surface area contributed by atoms with Gasteiger partial charge in [0.2, 0.25) is 5.91 Å². The summed E-state index contributed by atoms with van der Waals surface area (Å²) >= 11 is 0. The first-order chi connectivity index (χ1) is 11.0. The van der Waals surface area contributed by atoms with Gasteiger partial charge in [0.25, 0.3) is 5.91 Å². The van der Waals surface area contributed by atoms with Crippen LogP contribution >= 0.6 is 0 Å². The molecule has 2 N–H and O–H groups in total. The standard InChI is InChI=1S/C19H22N2O2/c1-14-11-15(2)13-17(12-14)21-18(22)9-6-10-20-19(23)16-7-4-3-5-8-16/h3-5,7-8,11-13H,6,9-10H2,1-2H3,(H,20,23)(H,21,22). The molecule has 4 heteroatoms. The largest absolute Gasteiger partial charge is 0.352 e. The van der Waals surface area contributed by atoms with Crippen LogP contribution in [0.1, 0.15) is 34.3 Å². The van der Waals surface area contributed by atoms with Crippen molar-refractivity contribution in [2.24, 2.45) is 0 Å². The summed E-state index contributed by atoms with van der Waals surface area (Å²) in [5.41, 5.74) is 3.69. The molecule has 23 heavy (non-hydrogen) atoms. The fourth-order valence-corrected chi connectivity index (χ4v) is 2.41. The van der Waals surface area contributed by atoms with E-state index in [1.54, 1.807) is 12.1 Å². The molecule has 0 fully saturated rings. The van der Waals surface area contributed by atoms with Crippen molar-refractivity contribution >= 4 is 17.5 Å². The second-order valence-electron chi connectivity index (χ2n) is 5.65. The fraction of sp³-hybridized carbons (Fsp3) is 0.263. The summed E-state index contributed by atoms with van der Waals surface area (Å²) in [6.07, 6.45) is 0.983. The Morgan fingerprint density at radius 2 is 1.61 bits per heavy atom. The minimum Gasteiger partial charge on any atom is -0.352 e. The van der Waals surface area contributed by atoms with Gasteiger partial charge in [0, 0.05) is 24.2 Å². The highest BCUT2D eigenvalue weighted by Gasteiger charge is 2.06. The summed E-state index contributed by atoms with van der Waals surface area (Å²) in [5, 5.41) is 5.71. The van der Waals surface area contributed by atoms with Crippen LogP contribution in [0, 0.1) is 13.8 Å². The number of carbonyl (C=O) groups is 2. The molecular formula is C19H22N2O2. The molecule has 2 amide bonds. The van der Waals surface area contributed by atoms with Gasteiger partial charge in [-0.05, 0) is 55.7 Å². The van der Waals surface area contributed by atoms with Crippen LogP contribution in [-0.4, -0.2) is 18.4 Å². The Labute approximate surface area is 136 Å². The minimum atomic E-state index is -0.111. The smallest absolute Gasteiger partial charge is 0.251 e. The molecule has 2 rings (SSSR count). The number of hydrogen-bond acceptors (Lipinski definition) is 2. The molecular weight excluding hydrogens is 288 g/mol. The summed E-state index contributed by atoms with van der Waals surface area (Å²) in [4.78, 5) is 23.8. The number of hydrogen-bond donors (Lipinski definition) is 2. The number of benzene rings is 2. The Balaban J connectivity index is 1.72. The predicted octanol–water partition coefficient (Wildman–Crippen LogP) is 3.45. The first-order valence-corrected chi connectivity index (χ1v) is 7.76. The molecule has 0 bridgehead atoms. The highest BCUT2D eigenvalue weighted by molar-refractivity contribution is 5.94. The van der Waals surface area contributed by atoms with E-state index in [0.717, 1.165) is 16.8 Å². The summed E-state index contributed by atoms with van der Waals surface area (Å²) in [6, 6.07) is 15.0. The van der Waals surface area contributed by atoms with Gasteiger partial charge in [-0.3, -0.25) is 9.59 Å². The average molecular weight is 310 g/mol. The van der Waals surface area contributed by atoms with E-state index >= 15 is 0 Å². The van der Waals surface area contributed by atoms with Gasteiger partial charge in [0.1, 0.15) is 0 Å². The van der Waals surface area contributed by atoms with Crippen LogP contribution in [0.2, 0.25) is 0 Å². The van der Waals surface area contributed by atoms with Crippen molar-refractivity contribution in [3.05, 3.63) is 65.2 Å². The lowest BCUT2D eigenvalue weighted by molar-refractivity contribution is -0.116. The number of nitrogens with one attached hydrogen (secondary N) is 2. The first-order valence-electron chi connectivity index (χ1n) is 7.76. The highest BCUT2D eigenvalue weighted by atomic mass is 16.2. The number of anilines is 1. The predicted molar refractivity (Wildman–Crippen MR) is 92.6 cm³/mol. The van der Waals surface area contributed by atoms with Crippen LogP contribution in [-0.2, 0) is 4.79 Å². The third-order valence-electron chi connectivity index (χ3n) is 3.41. The molecule has 2 aromatic carbocycles. The van der Waals surface area contributed by atoms with Crippen molar-refractivity contribution < 1.29 is 9.59 Å². The van der Waals surface area contributed by atoms with Gasteiger partial charge in [0.15, 0.2) is 0 Å². The topological polar surface area (TPSA) is 58.2 Å². The zero-order valence-corrected chi connectivity index (χ0v) is 13.6. The van der Waals surface area contributed by atoms with Gasteiger partial charge >= 0.3 is 0 Å². The van der Waals surface area contributed by atoms with Crippen molar-refractivity contribution in [1.82, 2.24) is 5.32 Å². The second-order valence-corrected chi connectivity index (χ2v) is 5.65. The fourth-order valence-electron chi connectivity index (χ4n) is 2.41. The van der Waals surface area contributed by atoms with E-state index in [-0.39, 0.29) is 11.8 Å². The Hall–Kier alpha value is -2.62. The summed E-state index contributed by atoms with van der Waals surface area (Å²) in [7, 11) is 0. The zero-order valence-electron chi connectivity index (χ0n) is 13.6. The quantitative estimate of drug-likeness (QED) is 0.803. The zero-order chi connectivity index (χ0) is 16.7. The van der Waals surface area contributed by atoms with E-state index in [9.17, 15) is 9.59 Å². The molecule has 0 aliphatic carbocycles. The molecule has 120 valence electrons. The average Bonchev–Trinajstić information content (AvgIpc) is 2.51. The lowest BCUT2D eigenvalue weighted by Gasteiger charge is -2.08. The van der Waals surface area contributed by atoms with E-state index in [4.69, 9.17) is 0 Å². The summed E-state index contributed by atoms with van der Waals surface area (Å²) < 4.78 is 0. The van der Waals surface area contributed by atoms with Crippen LogP contribution in [0.4, 0.5) is 5.69 Å². The number of rotatable bonds is 6. The maximum atomic E-state index is 11.9. The van der Waals surface area contributed by atoms with Crippen molar-refractivity contribution in [2.75, 3.05) is 11.9 Å². The maximum absolute atomic E-state index is 11.9. The van der Waals surface area contributed by atoms with Crippen LogP contribution in [0.3, 0.4) is 0 Å². The minimum absolute atomic E-state index is 0.0380. The van der Waals surface area contributed by atoms with Crippen molar-refractivity contribution in [3.63, 3.8) is 0 Å². The van der Waals surface area contributed by atoms with E-state index < -0.39 is 0 Å². The molecule has 0 spiro atoms. The molecule has 0 radical (unpaired) electrons. The van der Waals surface area contributed by atoms with Crippen molar-refractivity contribution in [2.45, 2.75) is 26.7 Å². The monoisotopic (exact) mass is 310 g/mol. The Morgan fingerprint density at radius 1 is 0.957 bits per heavy atom. The molecule has 0 atom stereocenters. The lowest BCUT2D eigenvalue weighted by Crippen LogP contribution is -2.25. The molecule has 4 nitrogen and oxygen atoms in total. The first kappa shape index (κ1) is 16.7. The SMILES string of the molecule is Cc1cc(C)cc(NC(=O)CCCNC(=O)c2ccccc2)c1. The van der Waals surface area contributed by atoms with Gasteiger partial charge in [-0.1, -0.05) is 24.3 Å². The van der Waals surface area contributed by atoms with Crippen LogP contribution in [0.15, 0.2) is 48.5 Å². The second kappa shape index (κ2) is 8.13. The van der Waals surface area contributed by atoms with Gasteiger partial charge in [-0.15, -0.1) is 0 Å². The van der Waals surface area contributed by atoms with Crippen molar-refractivity contribution in [3.8, 4) is 0 Å². The number of aryl methyl sites for hydroxylation is 2. The highest BCUT2D eigenvalue weighted by Crippen LogP contribution is 2.14. The molecule has 0 unspecified atom stereocenters. The van der Waals surface area contributed by atoms with E-state index in [2.05, 4.69) is 16.7 Å². The maximum Gasteiger partial charge on any atom is 0.251 e. The third-order valence-corrected chi connectivity index (χ3v) is 3.41. The molecule has 0 aliphatic rings. The van der Waals surface area contributed by atoms with Crippen molar-refractivity contribution in [1.29, 1.82) is 0 Å². The molecule has 0 aromatic heterocycles. The molecule has 2 aromatic rings. The lowest BCUT2D eigenvalue weighted by atomic mass is 10.1. The van der Waals surface area contributed by atoms with E-state index in [1.807, 2.05) is 44.2 Å². The molecule has 0 heterocycles. The van der Waals surface area contributed by atoms with Crippen LogP contribution in [0.25, 0.3) is 0 Å². The van der Waals surface area contributed by atoms with Gasteiger partial charge in [-0.2, -0.15) is 0 Å². The van der Waals surface area contributed by atoms with Gasteiger partial charge < -0.3 is 10.6 Å². The Bertz CT molecular complexity index is 661. The normalized spacial score (nSPS) is 10.2. The Kier molecular flexibility index (Phi) is 5.92. The molecule has 0 aliphatic heterocycles. The number of carbonyl (C=O) groups excluding carboxylic acids is 2. The van der Waals surface area contributed by atoms with E-state index in [0.29, 0.717) is 24.9 Å². The summed E-state index contributed by atoms with van der Waals surface area (Å²) in [5.74, 6) is -0.149. The number of amides is 2.